The monoisotopic (exact) mass is 392 g/mol. The average Bonchev–Trinajstić information content (AvgIpc) is 2.51. The molecule has 0 radical (unpaired) electrons. The number of halogens is 3. The summed E-state index contributed by atoms with van der Waals surface area (Å²) >= 11 is 0. The summed E-state index contributed by atoms with van der Waals surface area (Å²) in [6.07, 6.45) is 0.630. The first-order valence-electron chi connectivity index (χ1n) is 8.20. The Kier molecular flexibility index (Phi) is 6.17. The Morgan fingerprint density at radius 1 is 1.23 bits per heavy atom. The Bertz CT molecular complexity index is 750. The van der Waals surface area contributed by atoms with Gasteiger partial charge in [0.25, 0.3) is 0 Å². The maximum Gasteiger partial charge on any atom is 0.511 e. The van der Waals surface area contributed by atoms with Crippen molar-refractivity contribution < 1.29 is 21.6 Å². The van der Waals surface area contributed by atoms with Crippen molar-refractivity contribution in [3.8, 4) is 0 Å². The maximum atomic E-state index is 12.6. The van der Waals surface area contributed by atoms with Crippen molar-refractivity contribution in [2.45, 2.75) is 32.2 Å². The normalized spacial score (nSPS) is 18.1. The number of piperidine rings is 1. The molecule has 0 saturated carbocycles. The number of hydrogen-bond donors (Lipinski definition) is 2. The number of alkyl halides is 3. The van der Waals surface area contributed by atoms with Crippen LogP contribution < -0.4 is 11.1 Å². The molecule has 0 spiro atoms. The highest BCUT2D eigenvalue weighted by Crippen LogP contribution is 2.30. The molecule has 26 heavy (non-hydrogen) atoms. The number of benzene rings is 1. The van der Waals surface area contributed by atoms with E-state index in [0.29, 0.717) is 23.7 Å². The van der Waals surface area contributed by atoms with Gasteiger partial charge in [0.05, 0.1) is 0 Å². The van der Waals surface area contributed by atoms with Gasteiger partial charge in [0.2, 0.25) is 0 Å². The second-order valence-electron chi connectivity index (χ2n) is 6.52. The maximum absolute atomic E-state index is 12.6. The quantitative estimate of drug-likeness (QED) is 0.609. The van der Waals surface area contributed by atoms with Gasteiger partial charge < -0.3 is 11.1 Å². The van der Waals surface area contributed by atoms with Gasteiger partial charge in [0.1, 0.15) is 0 Å². The molecule has 3 N–H and O–H groups in total. The molecule has 1 heterocycles. The summed E-state index contributed by atoms with van der Waals surface area (Å²) < 4.78 is 60.9. The summed E-state index contributed by atoms with van der Waals surface area (Å²) in [5.74, 6) is 0.217. The van der Waals surface area contributed by atoms with Crippen LogP contribution >= 0.6 is 0 Å². The van der Waals surface area contributed by atoms with E-state index in [1.54, 1.807) is 0 Å². The number of rotatable bonds is 4. The molecule has 1 saturated heterocycles. The molecule has 1 aromatic carbocycles. The third-order valence-corrected chi connectivity index (χ3v) is 5.85. The van der Waals surface area contributed by atoms with Crippen molar-refractivity contribution in [1.29, 1.82) is 0 Å². The van der Waals surface area contributed by atoms with Crippen LogP contribution in [0, 0.1) is 19.8 Å². The van der Waals surface area contributed by atoms with Gasteiger partial charge in [0.15, 0.2) is 5.96 Å². The van der Waals surface area contributed by atoms with Crippen LogP contribution in [0.3, 0.4) is 0 Å². The Balaban J connectivity index is 1.88. The predicted octanol–water partition coefficient (Wildman–Crippen LogP) is 2.59. The van der Waals surface area contributed by atoms with Crippen LogP contribution in [-0.2, 0) is 10.0 Å². The summed E-state index contributed by atoms with van der Waals surface area (Å²) in [7, 11) is -5.24. The third-order valence-electron chi connectivity index (χ3n) is 4.22. The Morgan fingerprint density at radius 3 is 2.27 bits per heavy atom. The van der Waals surface area contributed by atoms with E-state index in [2.05, 4.69) is 10.3 Å². The van der Waals surface area contributed by atoms with Gasteiger partial charge in [-0.2, -0.15) is 17.5 Å². The van der Waals surface area contributed by atoms with Crippen molar-refractivity contribution in [2.24, 2.45) is 16.6 Å². The van der Waals surface area contributed by atoms with Crippen molar-refractivity contribution in [2.75, 3.05) is 25.0 Å². The molecule has 0 unspecified atom stereocenters. The highest BCUT2D eigenvalue weighted by Gasteiger charge is 2.50. The average molecular weight is 392 g/mol. The second kappa shape index (κ2) is 7.83. The second-order valence-corrected chi connectivity index (χ2v) is 8.45. The Labute approximate surface area is 151 Å². The van der Waals surface area contributed by atoms with Crippen LogP contribution in [0.15, 0.2) is 23.2 Å². The highest BCUT2D eigenvalue weighted by molar-refractivity contribution is 7.90. The van der Waals surface area contributed by atoms with Crippen molar-refractivity contribution in [3.05, 3.63) is 29.3 Å². The van der Waals surface area contributed by atoms with E-state index < -0.39 is 15.5 Å². The molecular formula is C16H23F3N4O2S. The zero-order valence-corrected chi connectivity index (χ0v) is 15.5. The fourth-order valence-corrected chi connectivity index (χ4v) is 3.92. The minimum Gasteiger partial charge on any atom is -0.370 e. The Hall–Kier alpha value is -1.81. The van der Waals surface area contributed by atoms with Gasteiger partial charge in [-0.15, -0.1) is 0 Å². The number of aliphatic imine (C=N–C) groups is 1. The van der Waals surface area contributed by atoms with Crippen LogP contribution in [0.2, 0.25) is 0 Å². The standard InChI is InChI=1S/C16H23F3N4O2S/c1-11-7-12(2)9-14(8-11)22-15(20)21-10-13-3-5-23(6-4-13)26(24,25)16(17,18)19/h7-9,13H,3-6,10H2,1-2H3,(H3,20,21,22). The SMILES string of the molecule is Cc1cc(C)cc(NC(N)=NCC2CCN(S(=O)(=O)C(F)(F)F)CC2)c1. The van der Waals surface area contributed by atoms with Gasteiger partial charge in [-0.1, -0.05) is 6.07 Å². The van der Waals surface area contributed by atoms with E-state index in [-0.39, 0.29) is 25.0 Å². The van der Waals surface area contributed by atoms with Crippen LogP contribution in [0.25, 0.3) is 0 Å². The minimum absolute atomic E-state index is 0.00530. The highest BCUT2D eigenvalue weighted by atomic mass is 32.2. The predicted molar refractivity (Wildman–Crippen MR) is 95.3 cm³/mol. The van der Waals surface area contributed by atoms with Crippen LogP contribution in [0.1, 0.15) is 24.0 Å². The number of sulfonamides is 1. The van der Waals surface area contributed by atoms with E-state index in [0.717, 1.165) is 16.8 Å². The molecule has 0 aliphatic carbocycles. The molecule has 146 valence electrons. The number of anilines is 1. The fourth-order valence-electron chi connectivity index (χ4n) is 2.94. The van der Waals surface area contributed by atoms with E-state index in [4.69, 9.17) is 5.73 Å². The van der Waals surface area contributed by atoms with E-state index in [1.165, 1.54) is 0 Å². The molecule has 1 aromatic rings. The number of hydrogen-bond acceptors (Lipinski definition) is 3. The number of nitrogens with one attached hydrogen (secondary N) is 1. The van der Waals surface area contributed by atoms with Crippen LogP contribution in [0.4, 0.5) is 18.9 Å². The first kappa shape index (κ1) is 20.5. The lowest BCUT2D eigenvalue weighted by atomic mass is 9.98. The zero-order valence-electron chi connectivity index (χ0n) is 14.7. The topological polar surface area (TPSA) is 87.8 Å². The molecule has 2 rings (SSSR count). The van der Waals surface area contributed by atoms with Crippen LogP contribution in [-0.4, -0.2) is 43.8 Å². The molecule has 10 heteroatoms. The van der Waals surface area contributed by atoms with Gasteiger partial charge in [-0.25, -0.2) is 8.42 Å². The summed E-state index contributed by atoms with van der Waals surface area (Å²) in [6.45, 7) is 3.95. The summed E-state index contributed by atoms with van der Waals surface area (Å²) in [6, 6.07) is 5.88. The molecule has 0 bridgehead atoms. The summed E-state index contributed by atoms with van der Waals surface area (Å²) in [4.78, 5) is 4.23. The van der Waals surface area contributed by atoms with E-state index in [9.17, 15) is 21.6 Å². The third kappa shape index (κ3) is 5.10. The number of aryl methyl sites for hydroxylation is 2. The van der Waals surface area contributed by atoms with Gasteiger partial charge in [-0.05, 0) is 55.9 Å². The lowest BCUT2D eigenvalue weighted by Crippen LogP contribution is -2.45. The number of guanidine groups is 1. The minimum atomic E-state index is -5.25. The van der Waals surface area contributed by atoms with Crippen LogP contribution in [0.5, 0.6) is 0 Å². The van der Waals surface area contributed by atoms with E-state index >= 15 is 0 Å². The van der Waals surface area contributed by atoms with Gasteiger partial charge in [0, 0.05) is 25.3 Å². The first-order valence-corrected chi connectivity index (χ1v) is 9.64. The largest absolute Gasteiger partial charge is 0.511 e. The molecule has 0 atom stereocenters. The molecule has 0 aromatic heterocycles. The molecule has 0 amide bonds. The van der Waals surface area contributed by atoms with E-state index in [1.807, 2.05) is 32.0 Å². The van der Waals surface area contributed by atoms with Crippen molar-refractivity contribution in [3.63, 3.8) is 0 Å². The van der Waals surface area contributed by atoms with Crippen molar-refractivity contribution in [1.82, 2.24) is 4.31 Å². The summed E-state index contributed by atoms with van der Waals surface area (Å²) in [5.41, 5.74) is 3.59. The van der Waals surface area contributed by atoms with Crippen molar-refractivity contribution >= 4 is 21.7 Å². The fraction of sp³-hybridized carbons (Fsp3) is 0.562. The lowest BCUT2D eigenvalue weighted by molar-refractivity contribution is -0.0496. The number of nitrogens with two attached hydrogens (primary N) is 1. The van der Waals surface area contributed by atoms with Gasteiger partial charge >= 0.3 is 15.5 Å². The molecule has 1 aliphatic heterocycles. The zero-order chi connectivity index (χ0) is 19.5. The molecule has 6 nitrogen and oxygen atoms in total. The Morgan fingerprint density at radius 2 is 1.77 bits per heavy atom. The number of nitrogens with zero attached hydrogens (tertiary/aromatic N) is 2. The smallest absolute Gasteiger partial charge is 0.370 e. The molecular weight excluding hydrogens is 369 g/mol. The molecule has 1 aliphatic rings. The lowest BCUT2D eigenvalue weighted by Gasteiger charge is -2.30. The van der Waals surface area contributed by atoms with Gasteiger partial charge in [-0.3, -0.25) is 4.99 Å². The first-order chi connectivity index (χ1) is 12.0. The molecule has 1 fully saturated rings. The summed E-state index contributed by atoms with van der Waals surface area (Å²) in [5, 5.41) is 2.99.